The van der Waals surface area contributed by atoms with Crippen molar-refractivity contribution in [2.75, 3.05) is 26.3 Å². The predicted octanol–water partition coefficient (Wildman–Crippen LogP) is 4.96. The number of carbonyl (C=O) groups excluding carboxylic acids is 3. The topological polar surface area (TPSA) is 87.2 Å². The number of alkyl halides is 1. The first kappa shape index (κ1) is 32.2. The first-order chi connectivity index (χ1) is 18.3. The van der Waals surface area contributed by atoms with Gasteiger partial charge in [-0.05, 0) is 57.8 Å². The maximum atomic E-state index is 14.7. The monoisotopic (exact) mass is 626 g/mol. The lowest BCUT2D eigenvalue weighted by atomic mass is 9.70. The standard InChI is InChI=1S/C30H47BrN2O5S/c1-8-10-13-17-38-27(37)21-22-25(35)32(15-11-12-16-34)24(30(22)18-20(31)23(21)39-30)26(36)33(14-9-2)29(6,7)19-28(3,4)5/h8-9,20-24,34H,1-2,10-19H2,3-7H3/t20?,21-,22+,23-,24?,30?/m1/s1. The molecule has 0 aromatic heterocycles. The van der Waals surface area contributed by atoms with Crippen LogP contribution in [0.25, 0.3) is 0 Å². The Morgan fingerprint density at radius 3 is 2.49 bits per heavy atom. The number of rotatable bonds is 14. The fraction of sp³-hybridized carbons (Fsp3) is 0.767. The molecule has 0 saturated carbocycles. The molecule has 9 heteroatoms. The maximum Gasteiger partial charge on any atom is 0.310 e. The van der Waals surface area contributed by atoms with Gasteiger partial charge >= 0.3 is 5.97 Å². The van der Waals surface area contributed by atoms with Crippen molar-refractivity contribution >= 4 is 45.5 Å². The van der Waals surface area contributed by atoms with Crippen LogP contribution in [0.4, 0.5) is 0 Å². The number of hydrogen-bond acceptors (Lipinski definition) is 6. The Bertz CT molecular complexity index is 950. The Morgan fingerprint density at radius 1 is 1.21 bits per heavy atom. The highest BCUT2D eigenvalue weighted by Gasteiger charge is 2.76. The molecule has 3 aliphatic heterocycles. The number of unbranched alkanes of at least 4 members (excludes halogenated alkanes) is 2. The number of fused-ring (bicyclic) bond motifs is 1. The number of hydrogen-bond donors (Lipinski definition) is 1. The lowest BCUT2D eigenvalue weighted by Crippen LogP contribution is -2.60. The first-order valence-corrected chi connectivity index (χ1v) is 16.0. The zero-order chi connectivity index (χ0) is 29.2. The van der Waals surface area contributed by atoms with Gasteiger partial charge in [-0.25, -0.2) is 0 Å². The van der Waals surface area contributed by atoms with Crippen LogP contribution in [0.5, 0.6) is 0 Å². The van der Waals surface area contributed by atoms with E-state index in [-0.39, 0.29) is 46.5 Å². The van der Waals surface area contributed by atoms with Crippen molar-refractivity contribution in [3.63, 3.8) is 0 Å². The molecule has 0 aromatic rings. The van der Waals surface area contributed by atoms with E-state index in [2.05, 4.69) is 63.7 Å². The second-order valence-electron chi connectivity index (χ2n) is 13.0. The van der Waals surface area contributed by atoms with Crippen LogP contribution in [-0.2, 0) is 19.1 Å². The summed E-state index contributed by atoms with van der Waals surface area (Å²) in [5.74, 6) is -1.77. The zero-order valence-corrected chi connectivity index (χ0v) is 26.7. The van der Waals surface area contributed by atoms with E-state index in [0.29, 0.717) is 38.8 Å². The number of carbonyl (C=O) groups is 3. The minimum Gasteiger partial charge on any atom is -0.465 e. The van der Waals surface area contributed by atoms with Gasteiger partial charge in [-0.1, -0.05) is 48.9 Å². The number of likely N-dealkylation sites (tertiary alicyclic amines) is 1. The minimum absolute atomic E-state index is 0.000376. The van der Waals surface area contributed by atoms with Crippen molar-refractivity contribution in [1.29, 1.82) is 0 Å². The van der Waals surface area contributed by atoms with Gasteiger partial charge < -0.3 is 19.6 Å². The lowest BCUT2D eigenvalue weighted by Gasteiger charge is -2.46. The highest BCUT2D eigenvalue weighted by Crippen LogP contribution is 2.68. The molecular weight excluding hydrogens is 580 g/mol. The van der Waals surface area contributed by atoms with Crippen molar-refractivity contribution in [2.24, 2.45) is 17.3 Å². The molecule has 0 radical (unpaired) electrons. The van der Waals surface area contributed by atoms with Crippen LogP contribution >= 0.6 is 27.7 Å². The Labute approximate surface area is 247 Å². The van der Waals surface area contributed by atoms with Gasteiger partial charge in [-0.2, -0.15) is 0 Å². The summed E-state index contributed by atoms with van der Waals surface area (Å²) in [6, 6.07) is -0.693. The zero-order valence-electron chi connectivity index (χ0n) is 24.3. The van der Waals surface area contributed by atoms with Gasteiger partial charge in [0.25, 0.3) is 0 Å². The molecule has 6 atom stereocenters. The molecule has 3 saturated heterocycles. The Morgan fingerprint density at radius 2 is 1.90 bits per heavy atom. The third-order valence-corrected chi connectivity index (χ3v) is 11.4. The molecule has 220 valence electrons. The van der Waals surface area contributed by atoms with E-state index < -0.39 is 28.2 Å². The van der Waals surface area contributed by atoms with Gasteiger partial charge in [0.05, 0.1) is 23.2 Å². The molecule has 3 heterocycles. The first-order valence-electron chi connectivity index (χ1n) is 14.2. The third kappa shape index (κ3) is 6.45. The van der Waals surface area contributed by atoms with E-state index in [0.717, 1.165) is 12.8 Å². The minimum atomic E-state index is -0.714. The molecule has 3 unspecified atom stereocenters. The van der Waals surface area contributed by atoms with Crippen LogP contribution in [0.15, 0.2) is 25.3 Å². The summed E-state index contributed by atoms with van der Waals surface area (Å²) in [6.45, 7) is 19.4. The molecule has 1 spiro atoms. The Hall–Kier alpha value is -1.32. The average Bonchev–Trinajstić information content (AvgIpc) is 3.42. The third-order valence-electron chi connectivity index (χ3n) is 8.17. The molecule has 39 heavy (non-hydrogen) atoms. The number of amides is 2. The number of ether oxygens (including phenoxy) is 1. The molecule has 1 N–H and O–H groups in total. The number of halogens is 1. The summed E-state index contributed by atoms with van der Waals surface area (Å²) >= 11 is 5.44. The quantitative estimate of drug-likeness (QED) is 0.127. The van der Waals surface area contributed by atoms with Crippen molar-refractivity contribution in [3.8, 4) is 0 Å². The summed E-state index contributed by atoms with van der Waals surface area (Å²) in [4.78, 5) is 45.9. The van der Waals surface area contributed by atoms with Crippen molar-refractivity contribution in [3.05, 3.63) is 25.3 Å². The summed E-state index contributed by atoms with van der Waals surface area (Å²) in [6.07, 6.45) is 7.52. The summed E-state index contributed by atoms with van der Waals surface area (Å²) in [5, 5.41) is 9.29. The molecule has 0 aromatic carbocycles. The number of allylic oxidation sites excluding steroid dienone is 1. The summed E-state index contributed by atoms with van der Waals surface area (Å²) < 4.78 is 4.96. The van der Waals surface area contributed by atoms with Gasteiger partial charge in [-0.15, -0.1) is 24.9 Å². The molecule has 2 bridgehead atoms. The van der Waals surface area contributed by atoms with E-state index in [4.69, 9.17) is 4.74 Å². The van der Waals surface area contributed by atoms with E-state index in [1.54, 1.807) is 28.8 Å². The average molecular weight is 628 g/mol. The van der Waals surface area contributed by atoms with Crippen LogP contribution in [0.1, 0.15) is 73.1 Å². The van der Waals surface area contributed by atoms with Crippen LogP contribution in [0, 0.1) is 17.3 Å². The lowest BCUT2D eigenvalue weighted by molar-refractivity contribution is -0.154. The number of aliphatic hydroxyl groups excluding tert-OH is 1. The number of esters is 1. The second-order valence-corrected chi connectivity index (χ2v) is 15.7. The van der Waals surface area contributed by atoms with E-state index in [9.17, 15) is 19.5 Å². The molecule has 7 nitrogen and oxygen atoms in total. The SMILES string of the molecule is C=CCCCOC(=O)[C@H]1[C@@H]2SC3(CC2Br)C(C(=O)N(CC=C)C(C)(C)CC(C)(C)C)N(CCCCO)C(=O)[C@H]13. The summed E-state index contributed by atoms with van der Waals surface area (Å²) in [5.41, 5.74) is -0.491. The van der Waals surface area contributed by atoms with E-state index in [1.165, 1.54) is 0 Å². The molecule has 3 rings (SSSR count). The van der Waals surface area contributed by atoms with Gasteiger partial charge in [0.2, 0.25) is 11.8 Å². The fourth-order valence-electron chi connectivity index (χ4n) is 7.11. The van der Waals surface area contributed by atoms with Crippen LogP contribution in [0.2, 0.25) is 0 Å². The smallest absolute Gasteiger partial charge is 0.310 e. The van der Waals surface area contributed by atoms with Gasteiger partial charge in [0, 0.05) is 35.3 Å². The van der Waals surface area contributed by atoms with Crippen LogP contribution in [0.3, 0.4) is 0 Å². The van der Waals surface area contributed by atoms with Crippen LogP contribution in [-0.4, -0.2) is 85.4 Å². The van der Waals surface area contributed by atoms with Gasteiger partial charge in [-0.3, -0.25) is 14.4 Å². The molecule has 0 aliphatic carbocycles. The van der Waals surface area contributed by atoms with Crippen molar-refractivity contribution < 1.29 is 24.2 Å². The maximum absolute atomic E-state index is 14.7. The molecular formula is C30H47BrN2O5S. The Kier molecular flexibility index (Phi) is 10.5. The second kappa shape index (κ2) is 12.7. The predicted molar refractivity (Wildman–Crippen MR) is 161 cm³/mol. The van der Waals surface area contributed by atoms with Gasteiger partial charge in [0.1, 0.15) is 6.04 Å². The Balaban J connectivity index is 2.02. The van der Waals surface area contributed by atoms with Crippen LogP contribution < -0.4 is 0 Å². The molecule has 3 fully saturated rings. The largest absolute Gasteiger partial charge is 0.465 e. The van der Waals surface area contributed by atoms with Crippen molar-refractivity contribution in [2.45, 2.75) is 99.5 Å². The van der Waals surface area contributed by atoms with Crippen molar-refractivity contribution in [1.82, 2.24) is 9.80 Å². The fourth-order valence-corrected chi connectivity index (χ4v) is 10.7. The number of nitrogens with zero attached hydrogens (tertiary/aromatic N) is 2. The highest BCUT2D eigenvalue weighted by atomic mass is 79.9. The normalized spacial score (nSPS) is 29.9. The number of aliphatic hydroxyl groups is 1. The molecule has 3 aliphatic rings. The molecule has 2 amide bonds. The van der Waals surface area contributed by atoms with E-state index in [1.807, 2.05) is 4.90 Å². The highest BCUT2D eigenvalue weighted by molar-refractivity contribution is 9.09. The summed E-state index contributed by atoms with van der Waals surface area (Å²) in [7, 11) is 0. The van der Waals surface area contributed by atoms with Gasteiger partial charge in [0.15, 0.2) is 0 Å². The van der Waals surface area contributed by atoms with E-state index >= 15 is 0 Å². The number of thioether (sulfide) groups is 1.